The predicted octanol–water partition coefficient (Wildman–Crippen LogP) is 3.16. The van der Waals surface area contributed by atoms with Crippen LogP contribution in [0.4, 0.5) is 11.8 Å². The molecular formula is C21H28BrN5O2. The number of nitrogens with zero attached hydrogens (tertiary/aromatic N) is 4. The van der Waals surface area contributed by atoms with Crippen LogP contribution in [0.25, 0.3) is 0 Å². The monoisotopic (exact) mass is 461 g/mol. The average molecular weight is 462 g/mol. The number of rotatable bonds is 6. The van der Waals surface area contributed by atoms with E-state index < -0.39 is 0 Å². The van der Waals surface area contributed by atoms with Crippen LogP contribution in [0.5, 0.6) is 5.75 Å². The molecule has 0 aliphatic carbocycles. The molecular weight excluding hydrogens is 434 g/mol. The van der Waals surface area contributed by atoms with Gasteiger partial charge in [0.1, 0.15) is 11.6 Å². The number of likely N-dealkylation sites (tertiary alicyclic amines) is 1. The summed E-state index contributed by atoms with van der Waals surface area (Å²) in [5.74, 6) is 2.56. The first-order chi connectivity index (χ1) is 14.2. The van der Waals surface area contributed by atoms with Crippen molar-refractivity contribution in [1.82, 2.24) is 14.9 Å². The molecule has 1 atom stereocenters. The van der Waals surface area contributed by atoms with E-state index in [1.807, 2.05) is 18.3 Å². The predicted molar refractivity (Wildman–Crippen MR) is 118 cm³/mol. The Labute approximate surface area is 180 Å². The van der Waals surface area contributed by atoms with Gasteiger partial charge in [0.25, 0.3) is 0 Å². The second kappa shape index (κ2) is 9.73. The molecule has 1 N–H and O–H groups in total. The summed E-state index contributed by atoms with van der Waals surface area (Å²) in [6.07, 6.45) is 4.17. The SMILES string of the molecule is COc1ccc(CN2CCCC(Nc3ccnc(N4CCOCC4)n3)C2)cc1Br. The Bertz CT molecular complexity index is 815. The fourth-order valence-corrected chi connectivity index (χ4v) is 4.53. The van der Waals surface area contributed by atoms with Gasteiger partial charge in [-0.05, 0) is 59.1 Å². The Morgan fingerprint density at radius 1 is 1.24 bits per heavy atom. The van der Waals surface area contributed by atoms with Crippen molar-refractivity contribution in [3.05, 3.63) is 40.5 Å². The number of benzene rings is 1. The first kappa shape index (κ1) is 20.4. The van der Waals surface area contributed by atoms with E-state index in [4.69, 9.17) is 14.5 Å². The van der Waals surface area contributed by atoms with E-state index in [0.717, 1.165) is 74.3 Å². The summed E-state index contributed by atoms with van der Waals surface area (Å²) < 4.78 is 11.8. The van der Waals surface area contributed by atoms with Crippen LogP contribution in [-0.2, 0) is 11.3 Å². The van der Waals surface area contributed by atoms with Crippen molar-refractivity contribution >= 4 is 27.7 Å². The van der Waals surface area contributed by atoms with Gasteiger partial charge in [-0.25, -0.2) is 4.98 Å². The Morgan fingerprint density at radius 3 is 2.90 bits per heavy atom. The summed E-state index contributed by atoms with van der Waals surface area (Å²) in [5.41, 5.74) is 1.29. The standard InChI is InChI=1S/C21H28BrN5O2/c1-28-19-5-4-16(13-18(19)22)14-26-8-2-3-17(15-26)24-20-6-7-23-21(25-20)27-9-11-29-12-10-27/h4-7,13,17H,2-3,8-12,14-15H2,1H3,(H,23,24,25). The Hall–Kier alpha value is -1.90. The lowest BCUT2D eigenvalue weighted by Gasteiger charge is -2.33. The van der Waals surface area contributed by atoms with Crippen LogP contribution < -0.4 is 15.0 Å². The molecule has 1 aromatic heterocycles. The third kappa shape index (κ3) is 5.38. The second-order valence-corrected chi connectivity index (χ2v) is 8.38. The van der Waals surface area contributed by atoms with Gasteiger partial charge in [0.05, 0.1) is 24.8 Å². The van der Waals surface area contributed by atoms with Gasteiger partial charge in [-0.15, -0.1) is 0 Å². The quantitative estimate of drug-likeness (QED) is 0.708. The summed E-state index contributed by atoms with van der Waals surface area (Å²) in [7, 11) is 1.69. The molecule has 1 unspecified atom stereocenters. The number of ether oxygens (including phenoxy) is 2. The molecule has 0 bridgehead atoms. The van der Waals surface area contributed by atoms with E-state index in [1.54, 1.807) is 7.11 Å². The van der Waals surface area contributed by atoms with Crippen molar-refractivity contribution in [2.24, 2.45) is 0 Å². The molecule has 2 aliphatic rings. The van der Waals surface area contributed by atoms with E-state index >= 15 is 0 Å². The van der Waals surface area contributed by atoms with Crippen LogP contribution >= 0.6 is 15.9 Å². The smallest absolute Gasteiger partial charge is 0.227 e. The molecule has 4 rings (SSSR count). The minimum absolute atomic E-state index is 0.387. The van der Waals surface area contributed by atoms with Gasteiger partial charge in [-0.2, -0.15) is 4.98 Å². The molecule has 3 heterocycles. The lowest BCUT2D eigenvalue weighted by atomic mass is 10.0. The molecule has 8 heteroatoms. The second-order valence-electron chi connectivity index (χ2n) is 7.53. The molecule has 0 spiro atoms. The van der Waals surface area contributed by atoms with Crippen LogP contribution in [0.15, 0.2) is 34.9 Å². The number of anilines is 2. The minimum atomic E-state index is 0.387. The number of methoxy groups -OCH3 is 1. The summed E-state index contributed by atoms with van der Waals surface area (Å²) >= 11 is 3.59. The highest BCUT2D eigenvalue weighted by atomic mass is 79.9. The zero-order chi connectivity index (χ0) is 20.1. The van der Waals surface area contributed by atoms with Gasteiger partial charge < -0.3 is 19.7 Å². The van der Waals surface area contributed by atoms with Crippen molar-refractivity contribution in [2.75, 3.05) is 56.7 Å². The van der Waals surface area contributed by atoms with Gasteiger partial charge in [0.2, 0.25) is 5.95 Å². The number of hydrogen-bond donors (Lipinski definition) is 1. The Balaban J connectivity index is 1.35. The van der Waals surface area contributed by atoms with E-state index in [0.29, 0.717) is 6.04 Å². The van der Waals surface area contributed by atoms with Crippen molar-refractivity contribution < 1.29 is 9.47 Å². The normalized spacial score (nSPS) is 20.5. The molecule has 0 saturated carbocycles. The van der Waals surface area contributed by atoms with Crippen molar-refractivity contribution in [2.45, 2.75) is 25.4 Å². The molecule has 1 aromatic carbocycles. The number of halogens is 1. The van der Waals surface area contributed by atoms with E-state index in [9.17, 15) is 0 Å². The summed E-state index contributed by atoms with van der Waals surface area (Å²) in [6, 6.07) is 8.66. The maximum absolute atomic E-state index is 5.43. The summed E-state index contributed by atoms with van der Waals surface area (Å²) in [6.45, 7) is 6.21. The van der Waals surface area contributed by atoms with Crippen molar-refractivity contribution in [1.29, 1.82) is 0 Å². The lowest BCUT2D eigenvalue weighted by molar-refractivity contribution is 0.122. The van der Waals surface area contributed by atoms with Crippen molar-refractivity contribution in [3.63, 3.8) is 0 Å². The summed E-state index contributed by atoms with van der Waals surface area (Å²) in [4.78, 5) is 13.9. The number of hydrogen-bond acceptors (Lipinski definition) is 7. The van der Waals surface area contributed by atoms with Gasteiger partial charge in [-0.3, -0.25) is 4.90 Å². The van der Waals surface area contributed by atoms with Crippen LogP contribution in [0, 0.1) is 0 Å². The molecule has 0 amide bonds. The molecule has 156 valence electrons. The maximum Gasteiger partial charge on any atom is 0.227 e. The lowest BCUT2D eigenvalue weighted by Crippen LogP contribution is -2.42. The number of piperidine rings is 1. The van der Waals surface area contributed by atoms with Crippen LogP contribution in [0.1, 0.15) is 18.4 Å². The number of nitrogens with one attached hydrogen (secondary N) is 1. The van der Waals surface area contributed by atoms with Gasteiger partial charge >= 0.3 is 0 Å². The van der Waals surface area contributed by atoms with E-state index in [2.05, 4.69) is 48.2 Å². The third-order valence-corrected chi connectivity index (χ3v) is 6.04. The molecule has 29 heavy (non-hydrogen) atoms. The first-order valence-electron chi connectivity index (χ1n) is 10.2. The van der Waals surface area contributed by atoms with Crippen molar-refractivity contribution in [3.8, 4) is 5.75 Å². The van der Waals surface area contributed by atoms with Gasteiger partial charge in [0, 0.05) is 38.4 Å². The highest BCUT2D eigenvalue weighted by Gasteiger charge is 2.21. The van der Waals surface area contributed by atoms with Gasteiger partial charge in [0.15, 0.2) is 0 Å². The largest absolute Gasteiger partial charge is 0.496 e. The highest BCUT2D eigenvalue weighted by Crippen LogP contribution is 2.27. The minimum Gasteiger partial charge on any atom is -0.496 e. The molecule has 2 aromatic rings. The molecule has 7 nitrogen and oxygen atoms in total. The van der Waals surface area contributed by atoms with Crippen LogP contribution in [0.3, 0.4) is 0 Å². The Kier molecular flexibility index (Phi) is 6.84. The molecule has 2 aliphatic heterocycles. The molecule has 0 radical (unpaired) electrons. The molecule has 2 saturated heterocycles. The maximum atomic E-state index is 5.43. The topological polar surface area (TPSA) is 62.8 Å². The molecule has 2 fully saturated rings. The summed E-state index contributed by atoms with van der Waals surface area (Å²) in [5, 5.41) is 3.63. The zero-order valence-electron chi connectivity index (χ0n) is 16.8. The fraction of sp³-hybridized carbons (Fsp3) is 0.524. The van der Waals surface area contributed by atoms with Crippen LogP contribution in [0.2, 0.25) is 0 Å². The Morgan fingerprint density at radius 2 is 2.10 bits per heavy atom. The fourth-order valence-electron chi connectivity index (χ4n) is 3.94. The van der Waals surface area contributed by atoms with Gasteiger partial charge in [-0.1, -0.05) is 6.07 Å². The zero-order valence-corrected chi connectivity index (χ0v) is 18.4. The number of morpholine rings is 1. The van der Waals surface area contributed by atoms with Crippen LogP contribution in [-0.4, -0.2) is 67.4 Å². The van der Waals surface area contributed by atoms with E-state index in [1.165, 1.54) is 12.0 Å². The average Bonchev–Trinajstić information content (AvgIpc) is 2.75. The number of aromatic nitrogens is 2. The highest BCUT2D eigenvalue weighted by molar-refractivity contribution is 9.10. The first-order valence-corrected chi connectivity index (χ1v) is 11.0. The van der Waals surface area contributed by atoms with E-state index in [-0.39, 0.29) is 0 Å². The third-order valence-electron chi connectivity index (χ3n) is 5.42.